The Hall–Kier alpha value is -2.91. The maximum atomic E-state index is 13.2. The van der Waals surface area contributed by atoms with Gasteiger partial charge >= 0.3 is 0 Å². The number of piperazine rings is 1. The summed E-state index contributed by atoms with van der Waals surface area (Å²) in [5.74, 6) is -0.408. The normalized spacial score (nSPS) is 14.5. The van der Waals surface area contributed by atoms with Crippen LogP contribution in [0.4, 0.5) is 15.8 Å². The van der Waals surface area contributed by atoms with Crippen LogP contribution in [0.15, 0.2) is 48.5 Å². The van der Waals surface area contributed by atoms with E-state index in [1.165, 1.54) is 23.4 Å². The van der Waals surface area contributed by atoms with Crippen molar-refractivity contribution in [2.24, 2.45) is 0 Å². The van der Waals surface area contributed by atoms with Crippen LogP contribution in [0.1, 0.15) is 12.0 Å². The number of nitrogens with zero attached hydrogens (tertiary/aromatic N) is 4. The Morgan fingerprint density at radius 2 is 1.86 bits per heavy atom. The number of anilines is 2. The smallest absolute Gasteiger partial charge is 0.241 e. The van der Waals surface area contributed by atoms with E-state index in [4.69, 9.17) is 5.26 Å². The largest absolute Gasteiger partial charge is 0.369 e. The lowest BCUT2D eigenvalue weighted by atomic mass is 10.2. The molecular weight excluding hydrogens is 355 g/mol. The van der Waals surface area contributed by atoms with Crippen LogP contribution >= 0.6 is 0 Å². The van der Waals surface area contributed by atoms with E-state index in [0.717, 1.165) is 26.2 Å². The van der Waals surface area contributed by atoms with Gasteiger partial charge in [-0.15, -0.1) is 0 Å². The van der Waals surface area contributed by atoms with E-state index in [9.17, 15) is 9.18 Å². The monoisotopic (exact) mass is 380 g/mol. The number of nitriles is 1. The summed E-state index contributed by atoms with van der Waals surface area (Å²) < 4.78 is 13.2. The SMILES string of the molecule is Cc1cccc(N2CCN(CC(=O)N(CCC#N)c3ccc(F)cc3)CC2)c1. The zero-order valence-electron chi connectivity index (χ0n) is 16.1. The number of benzene rings is 2. The van der Waals surface area contributed by atoms with Gasteiger partial charge in [0.1, 0.15) is 5.82 Å². The van der Waals surface area contributed by atoms with E-state index in [1.54, 1.807) is 17.0 Å². The van der Waals surface area contributed by atoms with Gasteiger partial charge in [-0.3, -0.25) is 9.69 Å². The van der Waals surface area contributed by atoms with E-state index in [0.29, 0.717) is 18.8 Å². The highest BCUT2D eigenvalue weighted by atomic mass is 19.1. The Kier molecular flexibility index (Phi) is 6.62. The molecular formula is C22H25FN4O. The van der Waals surface area contributed by atoms with Crippen molar-refractivity contribution < 1.29 is 9.18 Å². The van der Waals surface area contributed by atoms with Crippen LogP contribution in [0.25, 0.3) is 0 Å². The summed E-state index contributed by atoms with van der Waals surface area (Å²) in [6.07, 6.45) is 0.240. The number of rotatable bonds is 6. The number of hydrogen-bond acceptors (Lipinski definition) is 4. The number of halogens is 1. The molecule has 0 radical (unpaired) electrons. The summed E-state index contributed by atoms with van der Waals surface area (Å²) in [6, 6.07) is 16.4. The molecule has 2 aromatic carbocycles. The first-order chi connectivity index (χ1) is 13.6. The molecule has 0 bridgehead atoms. The fourth-order valence-corrected chi connectivity index (χ4v) is 3.45. The summed E-state index contributed by atoms with van der Waals surface area (Å²) in [7, 11) is 0. The zero-order chi connectivity index (χ0) is 19.9. The molecule has 3 rings (SSSR count). The first-order valence-electron chi connectivity index (χ1n) is 9.53. The molecule has 0 atom stereocenters. The molecule has 0 aromatic heterocycles. The quantitative estimate of drug-likeness (QED) is 0.772. The van der Waals surface area contributed by atoms with Crippen molar-refractivity contribution in [3.05, 3.63) is 59.9 Å². The summed E-state index contributed by atoms with van der Waals surface area (Å²) in [6.45, 7) is 6.03. The molecule has 1 aliphatic heterocycles. The zero-order valence-corrected chi connectivity index (χ0v) is 16.1. The van der Waals surface area contributed by atoms with Crippen LogP contribution in [0, 0.1) is 24.1 Å². The highest BCUT2D eigenvalue weighted by Crippen LogP contribution is 2.19. The lowest BCUT2D eigenvalue weighted by Gasteiger charge is -2.36. The highest BCUT2D eigenvalue weighted by Gasteiger charge is 2.23. The lowest BCUT2D eigenvalue weighted by Crippen LogP contribution is -2.50. The Balaban J connectivity index is 1.59. The van der Waals surface area contributed by atoms with E-state index < -0.39 is 0 Å². The average molecular weight is 380 g/mol. The standard InChI is InChI=1S/C22H25FN4O/c1-18-4-2-5-21(16-18)26-14-12-25(13-15-26)17-22(28)27(11-3-10-24)20-8-6-19(23)7-9-20/h2,4-9,16H,3,11-15,17H2,1H3. The molecule has 6 heteroatoms. The minimum atomic E-state index is -0.344. The van der Waals surface area contributed by atoms with Crippen molar-refractivity contribution >= 4 is 17.3 Å². The molecule has 0 aliphatic carbocycles. The molecule has 0 spiro atoms. The Labute approximate surface area is 165 Å². The Morgan fingerprint density at radius 3 is 2.50 bits per heavy atom. The number of carbonyl (C=O) groups excluding carboxylic acids is 1. The van der Waals surface area contributed by atoms with Gasteiger partial charge < -0.3 is 9.80 Å². The van der Waals surface area contributed by atoms with Crippen LogP contribution in [-0.2, 0) is 4.79 Å². The molecule has 0 N–H and O–H groups in total. The second-order valence-corrected chi connectivity index (χ2v) is 7.03. The van der Waals surface area contributed by atoms with Crippen LogP contribution in [0.2, 0.25) is 0 Å². The molecule has 146 valence electrons. The highest BCUT2D eigenvalue weighted by molar-refractivity contribution is 5.94. The molecule has 28 heavy (non-hydrogen) atoms. The average Bonchev–Trinajstić information content (AvgIpc) is 2.70. The van der Waals surface area contributed by atoms with Crippen molar-refractivity contribution in [1.29, 1.82) is 5.26 Å². The fourth-order valence-electron chi connectivity index (χ4n) is 3.45. The van der Waals surface area contributed by atoms with Crippen molar-refractivity contribution in [3.63, 3.8) is 0 Å². The van der Waals surface area contributed by atoms with Gasteiger partial charge in [0, 0.05) is 44.1 Å². The van der Waals surface area contributed by atoms with Crippen molar-refractivity contribution in [1.82, 2.24) is 4.90 Å². The second kappa shape index (κ2) is 9.34. The van der Waals surface area contributed by atoms with Gasteiger partial charge in [-0.05, 0) is 48.9 Å². The Morgan fingerprint density at radius 1 is 1.14 bits per heavy atom. The van der Waals surface area contributed by atoms with E-state index in [2.05, 4.69) is 47.1 Å². The number of hydrogen-bond donors (Lipinski definition) is 0. The summed E-state index contributed by atoms with van der Waals surface area (Å²) in [5.41, 5.74) is 3.08. The minimum Gasteiger partial charge on any atom is -0.369 e. The van der Waals surface area contributed by atoms with E-state index in [1.807, 2.05) is 0 Å². The molecule has 0 saturated carbocycles. The van der Waals surface area contributed by atoms with Crippen LogP contribution in [0.5, 0.6) is 0 Å². The number of amides is 1. The lowest BCUT2D eigenvalue weighted by molar-refractivity contribution is -0.119. The summed E-state index contributed by atoms with van der Waals surface area (Å²) in [4.78, 5) is 18.9. The summed E-state index contributed by atoms with van der Waals surface area (Å²) in [5, 5.41) is 8.90. The van der Waals surface area contributed by atoms with E-state index >= 15 is 0 Å². The first-order valence-corrected chi connectivity index (χ1v) is 9.53. The van der Waals surface area contributed by atoms with Gasteiger partial charge in [-0.1, -0.05) is 12.1 Å². The third-order valence-corrected chi connectivity index (χ3v) is 4.98. The predicted octanol–water partition coefficient (Wildman–Crippen LogP) is 3.20. The van der Waals surface area contributed by atoms with Gasteiger partial charge in [-0.2, -0.15) is 5.26 Å². The summed E-state index contributed by atoms with van der Waals surface area (Å²) >= 11 is 0. The molecule has 2 aromatic rings. The Bertz CT molecular complexity index is 838. The van der Waals surface area contributed by atoms with Gasteiger partial charge in [0.15, 0.2) is 0 Å². The van der Waals surface area contributed by atoms with Gasteiger partial charge in [0.2, 0.25) is 5.91 Å². The molecule has 0 unspecified atom stereocenters. The van der Waals surface area contributed by atoms with Gasteiger partial charge in [-0.25, -0.2) is 4.39 Å². The molecule has 1 heterocycles. The van der Waals surface area contributed by atoms with Gasteiger partial charge in [0.25, 0.3) is 0 Å². The predicted molar refractivity (Wildman–Crippen MR) is 109 cm³/mol. The molecule has 5 nitrogen and oxygen atoms in total. The third kappa shape index (κ3) is 5.08. The van der Waals surface area contributed by atoms with E-state index in [-0.39, 0.29) is 18.1 Å². The van der Waals surface area contributed by atoms with Crippen molar-refractivity contribution in [3.8, 4) is 6.07 Å². The molecule has 1 aliphatic rings. The topological polar surface area (TPSA) is 50.6 Å². The molecule has 1 saturated heterocycles. The first kappa shape index (κ1) is 19.8. The van der Waals surface area contributed by atoms with Crippen LogP contribution in [-0.4, -0.2) is 50.1 Å². The number of carbonyl (C=O) groups is 1. The number of aryl methyl sites for hydroxylation is 1. The van der Waals surface area contributed by atoms with Gasteiger partial charge in [0.05, 0.1) is 19.0 Å². The maximum Gasteiger partial charge on any atom is 0.241 e. The van der Waals surface area contributed by atoms with Crippen LogP contribution < -0.4 is 9.80 Å². The van der Waals surface area contributed by atoms with Crippen molar-refractivity contribution in [2.75, 3.05) is 49.1 Å². The maximum absolute atomic E-state index is 13.2. The molecule has 1 amide bonds. The third-order valence-electron chi connectivity index (χ3n) is 4.98. The van der Waals surface area contributed by atoms with Crippen molar-refractivity contribution in [2.45, 2.75) is 13.3 Å². The minimum absolute atomic E-state index is 0.0640. The van der Waals surface area contributed by atoms with Crippen LogP contribution in [0.3, 0.4) is 0 Å². The molecule has 1 fully saturated rings. The fraction of sp³-hybridized carbons (Fsp3) is 0.364. The second-order valence-electron chi connectivity index (χ2n) is 7.03.